The summed E-state index contributed by atoms with van der Waals surface area (Å²) in [5, 5.41) is 4.99. The summed E-state index contributed by atoms with van der Waals surface area (Å²) in [5.41, 5.74) is 3.38. The molecule has 8 heteroatoms. The van der Waals surface area contributed by atoms with Crippen LogP contribution in [0.4, 0.5) is 0 Å². The number of hydrogen-bond donors (Lipinski definition) is 1. The molecule has 0 aliphatic carbocycles. The fraction of sp³-hybridized carbons (Fsp3) is 0.0455. The van der Waals surface area contributed by atoms with Crippen molar-refractivity contribution in [3.8, 4) is 11.5 Å². The van der Waals surface area contributed by atoms with Crippen LogP contribution < -0.4 is 14.9 Å². The molecule has 1 N–H and O–H groups in total. The number of hydrazone groups is 1. The zero-order valence-corrected chi connectivity index (χ0v) is 17.1. The van der Waals surface area contributed by atoms with E-state index in [0.29, 0.717) is 32.7 Å². The topological polar surface area (TPSA) is 77.0 Å². The number of nitrogens with zero attached hydrogens (tertiary/aromatic N) is 1. The summed E-state index contributed by atoms with van der Waals surface area (Å²) in [7, 11) is 0. The summed E-state index contributed by atoms with van der Waals surface area (Å²) in [4.78, 5) is 24.0. The lowest BCUT2D eigenvalue weighted by molar-refractivity contribution is -0.123. The number of esters is 1. The van der Waals surface area contributed by atoms with E-state index in [1.165, 1.54) is 6.21 Å². The van der Waals surface area contributed by atoms with E-state index in [1.54, 1.807) is 72.8 Å². The van der Waals surface area contributed by atoms with Gasteiger partial charge in [-0.3, -0.25) is 4.79 Å². The van der Waals surface area contributed by atoms with E-state index in [-0.39, 0.29) is 6.61 Å². The third-order valence-electron chi connectivity index (χ3n) is 3.74. The number of halogens is 2. The molecule has 3 rings (SSSR count). The molecule has 0 heterocycles. The molecule has 152 valence electrons. The van der Waals surface area contributed by atoms with Crippen LogP contribution in [0.2, 0.25) is 10.0 Å². The Morgan fingerprint density at radius 3 is 2.27 bits per heavy atom. The fourth-order valence-corrected chi connectivity index (χ4v) is 2.55. The largest absolute Gasteiger partial charge is 0.484 e. The van der Waals surface area contributed by atoms with Crippen LogP contribution in [-0.4, -0.2) is 24.7 Å². The van der Waals surface area contributed by atoms with Crippen molar-refractivity contribution in [3.05, 3.63) is 94.0 Å². The molecule has 0 saturated carbocycles. The van der Waals surface area contributed by atoms with Gasteiger partial charge in [-0.05, 0) is 66.2 Å². The molecular formula is C22H16Cl2N2O4. The van der Waals surface area contributed by atoms with Gasteiger partial charge in [0.25, 0.3) is 5.91 Å². The minimum absolute atomic E-state index is 0.197. The predicted octanol–water partition coefficient (Wildman–Crippen LogP) is 4.74. The van der Waals surface area contributed by atoms with Crippen LogP contribution in [0.5, 0.6) is 11.5 Å². The maximum absolute atomic E-state index is 12.2. The molecule has 0 fully saturated rings. The van der Waals surface area contributed by atoms with Gasteiger partial charge < -0.3 is 9.47 Å². The minimum Gasteiger partial charge on any atom is -0.484 e. The van der Waals surface area contributed by atoms with Crippen LogP contribution in [0.1, 0.15) is 15.9 Å². The van der Waals surface area contributed by atoms with E-state index < -0.39 is 11.9 Å². The smallest absolute Gasteiger partial charge is 0.343 e. The van der Waals surface area contributed by atoms with Gasteiger partial charge in [-0.2, -0.15) is 5.10 Å². The van der Waals surface area contributed by atoms with Gasteiger partial charge in [0.05, 0.1) is 11.8 Å². The Labute approximate surface area is 183 Å². The van der Waals surface area contributed by atoms with Gasteiger partial charge in [-0.15, -0.1) is 0 Å². The van der Waals surface area contributed by atoms with Crippen LogP contribution in [-0.2, 0) is 4.79 Å². The molecule has 1 amide bonds. The van der Waals surface area contributed by atoms with Crippen LogP contribution in [0.3, 0.4) is 0 Å². The second kappa shape index (κ2) is 10.4. The molecule has 30 heavy (non-hydrogen) atoms. The highest BCUT2D eigenvalue weighted by molar-refractivity contribution is 6.30. The Morgan fingerprint density at radius 1 is 0.900 bits per heavy atom. The van der Waals surface area contributed by atoms with Crippen molar-refractivity contribution < 1.29 is 19.1 Å². The van der Waals surface area contributed by atoms with Gasteiger partial charge >= 0.3 is 5.97 Å². The van der Waals surface area contributed by atoms with Crippen molar-refractivity contribution in [2.75, 3.05) is 6.61 Å². The number of nitrogens with one attached hydrogen (secondary N) is 1. The first-order valence-corrected chi connectivity index (χ1v) is 9.53. The fourth-order valence-electron chi connectivity index (χ4n) is 2.30. The first kappa shape index (κ1) is 21.4. The third kappa shape index (κ3) is 6.62. The zero-order chi connectivity index (χ0) is 21.3. The maximum atomic E-state index is 12.2. The molecule has 0 bridgehead atoms. The number of carbonyl (C=O) groups excluding carboxylic acids is 2. The highest BCUT2D eigenvalue weighted by Gasteiger charge is 2.08. The van der Waals surface area contributed by atoms with Crippen molar-refractivity contribution >= 4 is 41.3 Å². The molecule has 0 saturated heterocycles. The molecule has 0 atom stereocenters. The predicted molar refractivity (Wildman–Crippen MR) is 116 cm³/mol. The maximum Gasteiger partial charge on any atom is 0.343 e. The van der Waals surface area contributed by atoms with Crippen molar-refractivity contribution in [3.63, 3.8) is 0 Å². The summed E-state index contributed by atoms with van der Waals surface area (Å²) >= 11 is 11.6. The molecule has 0 unspecified atom stereocenters. The number of amides is 1. The molecule has 0 radical (unpaired) electrons. The first-order chi connectivity index (χ1) is 14.5. The lowest BCUT2D eigenvalue weighted by Gasteiger charge is -2.06. The van der Waals surface area contributed by atoms with E-state index in [0.717, 1.165) is 0 Å². The molecule has 6 nitrogen and oxygen atoms in total. The van der Waals surface area contributed by atoms with Crippen molar-refractivity contribution in [2.24, 2.45) is 5.10 Å². The highest BCUT2D eigenvalue weighted by atomic mass is 35.5. The number of ether oxygens (including phenoxy) is 2. The zero-order valence-electron chi connectivity index (χ0n) is 15.5. The summed E-state index contributed by atoms with van der Waals surface area (Å²) in [6, 6.07) is 19.8. The number of hydrogen-bond acceptors (Lipinski definition) is 5. The van der Waals surface area contributed by atoms with Crippen LogP contribution in [0.15, 0.2) is 77.9 Å². The molecule has 3 aromatic carbocycles. The van der Waals surface area contributed by atoms with Crippen molar-refractivity contribution in [1.29, 1.82) is 0 Å². The van der Waals surface area contributed by atoms with E-state index in [4.69, 9.17) is 32.7 Å². The molecule has 0 aliphatic rings. The number of carbonyl (C=O) groups is 2. The van der Waals surface area contributed by atoms with E-state index in [9.17, 15) is 9.59 Å². The Balaban J connectivity index is 1.50. The second-order valence-electron chi connectivity index (χ2n) is 6.00. The van der Waals surface area contributed by atoms with Crippen molar-refractivity contribution in [1.82, 2.24) is 5.43 Å². The quantitative estimate of drug-likeness (QED) is 0.248. The molecule has 0 aliphatic heterocycles. The summed E-state index contributed by atoms with van der Waals surface area (Å²) < 4.78 is 10.7. The monoisotopic (exact) mass is 442 g/mol. The van der Waals surface area contributed by atoms with E-state index in [1.807, 2.05) is 0 Å². The minimum atomic E-state index is -0.506. The molecule has 0 aromatic heterocycles. The van der Waals surface area contributed by atoms with Gasteiger partial charge in [0, 0.05) is 10.0 Å². The van der Waals surface area contributed by atoms with Gasteiger partial charge in [0.1, 0.15) is 11.5 Å². The normalized spacial score (nSPS) is 10.6. The van der Waals surface area contributed by atoms with Crippen molar-refractivity contribution in [2.45, 2.75) is 0 Å². The summed E-state index contributed by atoms with van der Waals surface area (Å²) in [6.07, 6.45) is 1.43. The lowest BCUT2D eigenvalue weighted by Crippen LogP contribution is -2.24. The molecule has 0 spiro atoms. The summed E-state index contributed by atoms with van der Waals surface area (Å²) in [5.74, 6) is -0.0649. The second-order valence-corrected chi connectivity index (χ2v) is 6.88. The number of benzene rings is 3. The van der Waals surface area contributed by atoms with Gasteiger partial charge in [-0.1, -0.05) is 35.3 Å². The van der Waals surface area contributed by atoms with E-state index in [2.05, 4.69) is 10.5 Å². The molecule has 3 aromatic rings. The van der Waals surface area contributed by atoms with Gasteiger partial charge in [0.15, 0.2) is 6.61 Å². The average Bonchev–Trinajstić information content (AvgIpc) is 2.74. The third-order valence-corrected chi connectivity index (χ3v) is 4.24. The van der Waals surface area contributed by atoms with Gasteiger partial charge in [0.2, 0.25) is 0 Å². The molecular weight excluding hydrogens is 427 g/mol. The Morgan fingerprint density at radius 2 is 1.57 bits per heavy atom. The lowest BCUT2D eigenvalue weighted by atomic mass is 10.2. The van der Waals surface area contributed by atoms with Crippen LogP contribution in [0, 0.1) is 0 Å². The summed E-state index contributed by atoms with van der Waals surface area (Å²) in [6.45, 7) is -0.197. The Kier molecular flexibility index (Phi) is 7.43. The Hall–Kier alpha value is -3.35. The number of rotatable bonds is 7. The van der Waals surface area contributed by atoms with Crippen LogP contribution >= 0.6 is 23.2 Å². The van der Waals surface area contributed by atoms with Gasteiger partial charge in [-0.25, -0.2) is 10.2 Å². The average molecular weight is 443 g/mol. The highest BCUT2D eigenvalue weighted by Crippen LogP contribution is 2.16. The van der Waals surface area contributed by atoms with E-state index >= 15 is 0 Å². The standard InChI is InChI=1S/C22H16Cl2N2O4/c23-17-6-4-16(5-7-17)22(28)30-20-3-1-2-15(12-20)13-25-26-21(27)14-29-19-10-8-18(24)9-11-19/h1-13H,14H2,(H,26,27)/b25-13+. The SMILES string of the molecule is O=C(COc1ccc(Cl)cc1)N/N=C/c1cccc(OC(=O)c2ccc(Cl)cc2)c1. The Bertz CT molecular complexity index is 1050. The van der Waals surface area contributed by atoms with Crippen LogP contribution in [0.25, 0.3) is 0 Å². The first-order valence-electron chi connectivity index (χ1n) is 8.78.